The van der Waals surface area contributed by atoms with Gasteiger partial charge < -0.3 is 9.80 Å². The summed E-state index contributed by atoms with van der Waals surface area (Å²) in [6.45, 7) is 5.98. The Morgan fingerprint density at radius 1 is 1.00 bits per heavy atom. The number of rotatable bonds is 2. The van der Waals surface area contributed by atoms with Gasteiger partial charge in [-0.15, -0.1) is 0 Å². The second-order valence-corrected chi connectivity index (χ2v) is 4.93. The third-order valence-electron chi connectivity index (χ3n) is 1.75. The van der Waals surface area contributed by atoms with Crippen molar-refractivity contribution >= 4 is 44.8 Å². The number of thiocarbonyl (C=S) groups is 2. The molecule has 0 atom stereocenters. The van der Waals surface area contributed by atoms with Gasteiger partial charge in [0, 0.05) is 27.2 Å². The van der Waals surface area contributed by atoms with Gasteiger partial charge >= 0.3 is 0 Å². The fourth-order valence-corrected chi connectivity index (χ4v) is 2.10. The lowest BCUT2D eigenvalue weighted by atomic mass is 10.7. The molecule has 0 aliphatic rings. The molecule has 2 nitrogen and oxygen atoms in total. The largest absolute Gasteiger partial charge is 0.361 e. The summed E-state index contributed by atoms with van der Waals surface area (Å²) < 4.78 is 1.68. The van der Waals surface area contributed by atoms with Gasteiger partial charge in [-0.25, -0.2) is 0 Å². The van der Waals surface area contributed by atoms with Gasteiger partial charge in [0.05, 0.1) is 0 Å². The van der Waals surface area contributed by atoms with E-state index in [-0.39, 0.29) is 0 Å². The first-order valence-corrected chi connectivity index (χ1v) is 5.84. The zero-order valence-electron chi connectivity index (χ0n) is 8.53. The van der Waals surface area contributed by atoms with E-state index in [1.165, 1.54) is 11.8 Å². The Labute approximate surface area is 95.7 Å². The highest BCUT2D eigenvalue weighted by atomic mass is 32.2. The molecule has 0 aliphatic carbocycles. The van der Waals surface area contributed by atoms with Crippen molar-refractivity contribution in [2.24, 2.45) is 0 Å². The van der Waals surface area contributed by atoms with Crippen molar-refractivity contribution < 1.29 is 0 Å². The summed E-state index contributed by atoms with van der Waals surface area (Å²) in [5.74, 6) is 0. The molecule has 0 rings (SSSR count). The molecular formula is C8H16N2S3. The van der Waals surface area contributed by atoms with Crippen LogP contribution in [-0.4, -0.2) is 45.6 Å². The molecule has 0 spiro atoms. The maximum atomic E-state index is 5.19. The quantitative estimate of drug-likeness (QED) is 0.676. The molecule has 5 heteroatoms. The van der Waals surface area contributed by atoms with Gasteiger partial charge in [0.2, 0.25) is 0 Å². The van der Waals surface area contributed by atoms with Crippen molar-refractivity contribution in [3.05, 3.63) is 0 Å². The highest BCUT2D eigenvalue weighted by molar-refractivity contribution is 8.37. The van der Waals surface area contributed by atoms with Crippen molar-refractivity contribution in [3.8, 4) is 0 Å². The molecule has 0 radical (unpaired) electrons. The second kappa shape index (κ2) is 6.56. The zero-order valence-corrected chi connectivity index (χ0v) is 11.0. The fourth-order valence-electron chi connectivity index (χ4n) is 0.489. The molecule has 13 heavy (non-hydrogen) atoms. The van der Waals surface area contributed by atoms with Gasteiger partial charge in [-0.05, 0) is 25.6 Å². The molecule has 0 fully saturated rings. The molecule has 0 aromatic rings. The summed E-state index contributed by atoms with van der Waals surface area (Å²) in [6.07, 6.45) is 0. The molecule has 0 aliphatic heterocycles. The van der Waals surface area contributed by atoms with E-state index in [1.807, 2.05) is 23.9 Å². The molecule has 0 aromatic carbocycles. The van der Waals surface area contributed by atoms with Crippen LogP contribution in [0.4, 0.5) is 0 Å². The lowest BCUT2D eigenvalue weighted by Gasteiger charge is -2.21. The van der Waals surface area contributed by atoms with E-state index < -0.39 is 0 Å². The topological polar surface area (TPSA) is 6.48 Å². The van der Waals surface area contributed by atoms with Crippen molar-refractivity contribution in [2.45, 2.75) is 13.8 Å². The van der Waals surface area contributed by atoms with Crippen LogP contribution < -0.4 is 0 Å². The molecule has 0 unspecified atom stereocenters. The predicted molar refractivity (Wildman–Crippen MR) is 69.4 cm³/mol. The molecule has 0 saturated heterocycles. The van der Waals surface area contributed by atoms with Gasteiger partial charge in [-0.1, -0.05) is 24.4 Å². The predicted octanol–water partition coefficient (Wildman–Crippen LogP) is 2.19. The van der Waals surface area contributed by atoms with Gasteiger partial charge in [0.15, 0.2) is 0 Å². The Balaban J connectivity index is 3.99. The first kappa shape index (κ1) is 13.1. The Kier molecular flexibility index (Phi) is 6.63. The maximum Gasteiger partial charge on any atom is 0.143 e. The van der Waals surface area contributed by atoms with Crippen LogP contribution in [0, 0.1) is 0 Å². The first-order valence-electron chi connectivity index (χ1n) is 4.20. The van der Waals surface area contributed by atoms with Crippen LogP contribution in [0.15, 0.2) is 0 Å². The SMILES string of the molecule is CCN(C)C(=S)SC(=S)N(C)CC. The second-order valence-electron chi connectivity index (χ2n) is 2.66. The van der Waals surface area contributed by atoms with Crippen molar-refractivity contribution in [3.63, 3.8) is 0 Å². The van der Waals surface area contributed by atoms with Crippen LogP contribution in [0.25, 0.3) is 0 Å². The average molecular weight is 236 g/mol. The summed E-state index contributed by atoms with van der Waals surface area (Å²) in [6, 6.07) is 0. The fraction of sp³-hybridized carbons (Fsp3) is 0.750. The Morgan fingerprint density at radius 3 is 1.54 bits per heavy atom. The number of hydrogen-bond donors (Lipinski definition) is 0. The van der Waals surface area contributed by atoms with Crippen molar-refractivity contribution in [1.29, 1.82) is 0 Å². The summed E-state index contributed by atoms with van der Waals surface area (Å²) in [7, 11) is 3.95. The summed E-state index contributed by atoms with van der Waals surface area (Å²) in [5.41, 5.74) is 0. The van der Waals surface area contributed by atoms with Crippen LogP contribution in [0.3, 0.4) is 0 Å². The minimum absolute atomic E-state index is 0.841. The van der Waals surface area contributed by atoms with Crippen LogP contribution in [0.2, 0.25) is 0 Å². The highest BCUT2D eigenvalue weighted by Crippen LogP contribution is 2.12. The molecule has 0 amide bonds. The van der Waals surface area contributed by atoms with E-state index in [1.54, 1.807) is 0 Å². The molecule has 0 saturated carbocycles. The standard InChI is InChI=1S/C8H16N2S3/c1-5-9(3)7(11)13-8(12)10(4)6-2/h5-6H2,1-4H3. The van der Waals surface area contributed by atoms with Gasteiger partial charge in [0.25, 0.3) is 0 Å². The normalized spacial score (nSPS) is 9.54. The molecule has 0 bridgehead atoms. The number of hydrogen-bond acceptors (Lipinski definition) is 3. The average Bonchev–Trinajstić information content (AvgIpc) is 2.14. The van der Waals surface area contributed by atoms with E-state index in [9.17, 15) is 0 Å². The lowest BCUT2D eigenvalue weighted by molar-refractivity contribution is 0.551. The summed E-state index contributed by atoms with van der Waals surface area (Å²) in [4.78, 5) is 4.02. The van der Waals surface area contributed by atoms with Crippen LogP contribution in [0.1, 0.15) is 13.8 Å². The van der Waals surface area contributed by atoms with Crippen molar-refractivity contribution in [1.82, 2.24) is 9.80 Å². The van der Waals surface area contributed by atoms with E-state index in [0.717, 1.165) is 21.7 Å². The van der Waals surface area contributed by atoms with E-state index in [2.05, 4.69) is 13.8 Å². The number of thioether (sulfide) groups is 1. The van der Waals surface area contributed by atoms with E-state index in [4.69, 9.17) is 24.4 Å². The Bertz CT molecular complexity index is 174. The van der Waals surface area contributed by atoms with E-state index >= 15 is 0 Å². The van der Waals surface area contributed by atoms with Gasteiger partial charge in [-0.2, -0.15) is 0 Å². The first-order chi connectivity index (χ1) is 6.02. The third kappa shape index (κ3) is 4.78. The molecule has 0 heterocycles. The van der Waals surface area contributed by atoms with Crippen molar-refractivity contribution in [2.75, 3.05) is 27.2 Å². The third-order valence-corrected chi connectivity index (χ3v) is 3.84. The monoisotopic (exact) mass is 236 g/mol. The molecular weight excluding hydrogens is 220 g/mol. The lowest BCUT2D eigenvalue weighted by Crippen LogP contribution is -2.28. The Morgan fingerprint density at radius 2 is 1.31 bits per heavy atom. The smallest absolute Gasteiger partial charge is 0.143 e. The highest BCUT2D eigenvalue weighted by Gasteiger charge is 2.09. The maximum absolute atomic E-state index is 5.19. The summed E-state index contributed by atoms with van der Waals surface area (Å²) in [5, 5.41) is 0. The molecule has 0 aromatic heterocycles. The minimum atomic E-state index is 0.841. The van der Waals surface area contributed by atoms with Crippen LogP contribution >= 0.6 is 36.2 Å². The van der Waals surface area contributed by atoms with Gasteiger partial charge in [0.1, 0.15) is 8.64 Å². The van der Waals surface area contributed by atoms with Crippen LogP contribution in [-0.2, 0) is 0 Å². The van der Waals surface area contributed by atoms with E-state index in [0.29, 0.717) is 0 Å². The summed E-state index contributed by atoms with van der Waals surface area (Å²) >= 11 is 11.9. The Hall–Kier alpha value is 0.130. The molecule has 0 N–H and O–H groups in total. The molecule has 76 valence electrons. The van der Waals surface area contributed by atoms with Gasteiger partial charge in [-0.3, -0.25) is 0 Å². The van der Waals surface area contributed by atoms with Crippen LogP contribution in [0.5, 0.6) is 0 Å². The zero-order chi connectivity index (χ0) is 10.4. The number of nitrogens with zero attached hydrogens (tertiary/aromatic N) is 2. The minimum Gasteiger partial charge on any atom is -0.361 e.